The number of ether oxygens (including phenoxy) is 2. The summed E-state index contributed by atoms with van der Waals surface area (Å²) in [5.74, 6) is -2.57. The van der Waals surface area contributed by atoms with Crippen molar-refractivity contribution in [1.29, 1.82) is 0 Å². The van der Waals surface area contributed by atoms with Gasteiger partial charge in [0.05, 0.1) is 24.5 Å². The fourth-order valence-electron chi connectivity index (χ4n) is 6.95. The van der Waals surface area contributed by atoms with Crippen LogP contribution in [0, 0.1) is 11.8 Å². The topological polar surface area (TPSA) is 96.4 Å². The van der Waals surface area contributed by atoms with Crippen molar-refractivity contribution >= 4 is 50.2 Å². The van der Waals surface area contributed by atoms with E-state index in [0.717, 1.165) is 23.6 Å². The van der Waals surface area contributed by atoms with Gasteiger partial charge in [0.2, 0.25) is 5.91 Å². The van der Waals surface area contributed by atoms with E-state index in [1.807, 2.05) is 42.5 Å². The standard InChI is InChI=1S/C33H39BrN2O6/c1-3-5-19-41-32(40)26-27-30(38)36(17-10-6-7-11-18-37)29(33(27)21-25(34)28(26)42-33)31(39)35(16-4-2)24-15-14-22-12-8-9-13-23(22)20-24/h3-4,8-9,12-15,20,25-29,37H,1-2,5-7,10-11,16-19,21H2/t25?,26-,27+,28-,29?,33?/m1/s1. The molecule has 2 bridgehead atoms. The zero-order chi connectivity index (χ0) is 29.9. The Bertz CT molecular complexity index is 1350. The molecule has 3 saturated heterocycles. The van der Waals surface area contributed by atoms with E-state index in [1.54, 1.807) is 22.0 Å². The predicted octanol–water partition coefficient (Wildman–Crippen LogP) is 4.78. The number of fused-ring (bicyclic) bond motifs is 2. The van der Waals surface area contributed by atoms with Gasteiger partial charge in [0.1, 0.15) is 11.6 Å². The van der Waals surface area contributed by atoms with Crippen LogP contribution in [0.15, 0.2) is 67.8 Å². The molecule has 6 atom stereocenters. The first-order chi connectivity index (χ1) is 20.4. The molecule has 3 aliphatic heterocycles. The number of hydrogen-bond acceptors (Lipinski definition) is 6. The Morgan fingerprint density at radius 2 is 1.88 bits per heavy atom. The number of alkyl halides is 1. The van der Waals surface area contributed by atoms with Gasteiger partial charge in [-0.2, -0.15) is 0 Å². The normalized spacial score (nSPS) is 27.7. The molecule has 9 heteroatoms. The second kappa shape index (κ2) is 13.1. The molecule has 3 fully saturated rings. The lowest BCUT2D eigenvalue weighted by Crippen LogP contribution is -2.57. The summed E-state index contributed by atoms with van der Waals surface area (Å²) in [4.78, 5) is 45.4. The highest BCUT2D eigenvalue weighted by molar-refractivity contribution is 9.09. The first-order valence-electron chi connectivity index (χ1n) is 14.8. The number of rotatable bonds is 14. The number of carbonyl (C=O) groups excluding carboxylic acids is 3. The lowest BCUT2D eigenvalue weighted by atomic mass is 9.70. The minimum absolute atomic E-state index is 0.120. The Labute approximate surface area is 255 Å². The van der Waals surface area contributed by atoms with Crippen LogP contribution in [0.5, 0.6) is 0 Å². The molecule has 42 heavy (non-hydrogen) atoms. The number of aliphatic hydroxyl groups excluding tert-OH is 1. The molecule has 0 aliphatic carbocycles. The van der Waals surface area contributed by atoms with Gasteiger partial charge in [0.25, 0.3) is 5.91 Å². The van der Waals surface area contributed by atoms with Crippen molar-refractivity contribution in [3.05, 3.63) is 67.8 Å². The lowest BCUT2D eigenvalue weighted by molar-refractivity contribution is -0.154. The molecule has 2 aromatic rings. The van der Waals surface area contributed by atoms with Crippen LogP contribution in [0.2, 0.25) is 0 Å². The van der Waals surface area contributed by atoms with Crippen molar-refractivity contribution in [2.75, 3.05) is 31.2 Å². The van der Waals surface area contributed by atoms with E-state index < -0.39 is 35.6 Å². The van der Waals surface area contributed by atoms with E-state index >= 15 is 0 Å². The van der Waals surface area contributed by atoms with Crippen LogP contribution in [-0.4, -0.2) is 76.7 Å². The van der Waals surface area contributed by atoms with Crippen LogP contribution in [0.3, 0.4) is 0 Å². The molecular weight excluding hydrogens is 600 g/mol. The van der Waals surface area contributed by atoms with E-state index in [1.165, 1.54) is 0 Å². The number of carbonyl (C=O) groups is 3. The minimum Gasteiger partial charge on any atom is -0.465 e. The molecule has 5 rings (SSSR count). The van der Waals surface area contributed by atoms with Gasteiger partial charge in [-0.05, 0) is 48.6 Å². The second-order valence-electron chi connectivity index (χ2n) is 11.3. The summed E-state index contributed by atoms with van der Waals surface area (Å²) >= 11 is 3.71. The molecule has 224 valence electrons. The number of amides is 2. The molecule has 0 aromatic heterocycles. The first-order valence-corrected chi connectivity index (χ1v) is 15.7. The third kappa shape index (κ3) is 5.42. The highest BCUT2D eigenvalue weighted by atomic mass is 79.9. The van der Waals surface area contributed by atoms with Gasteiger partial charge in [-0.15, -0.1) is 13.2 Å². The Morgan fingerprint density at radius 1 is 1.12 bits per heavy atom. The summed E-state index contributed by atoms with van der Waals surface area (Å²) in [6, 6.07) is 12.9. The number of unbranched alkanes of at least 4 members (excludes halogenated alkanes) is 3. The van der Waals surface area contributed by atoms with Crippen LogP contribution in [0.25, 0.3) is 10.8 Å². The molecule has 0 radical (unpaired) electrons. The molecule has 2 aromatic carbocycles. The van der Waals surface area contributed by atoms with Gasteiger partial charge >= 0.3 is 5.97 Å². The van der Waals surface area contributed by atoms with E-state index in [4.69, 9.17) is 9.47 Å². The van der Waals surface area contributed by atoms with E-state index in [-0.39, 0.29) is 36.4 Å². The van der Waals surface area contributed by atoms with Crippen LogP contribution < -0.4 is 4.90 Å². The molecule has 3 heterocycles. The average Bonchev–Trinajstić information content (AvgIpc) is 3.58. The van der Waals surface area contributed by atoms with Crippen molar-refractivity contribution in [2.24, 2.45) is 11.8 Å². The van der Waals surface area contributed by atoms with Crippen molar-refractivity contribution in [3.8, 4) is 0 Å². The van der Waals surface area contributed by atoms with Gasteiger partial charge in [-0.1, -0.05) is 71.3 Å². The molecule has 3 unspecified atom stereocenters. The molecule has 8 nitrogen and oxygen atoms in total. The monoisotopic (exact) mass is 638 g/mol. The van der Waals surface area contributed by atoms with Gasteiger partial charge < -0.3 is 24.4 Å². The number of aliphatic hydroxyl groups is 1. The van der Waals surface area contributed by atoms with Gasteiger partial charge in [0, 0.05) is 30.2 Å². The average molecular weight is 640 g/mol. The first kappa shape index (κ1) is 30.4. The number of nitrogens with zero attached hydrogens (tertiary/aromatic N) is 2. The Balaban J connectivity index is 1.52. The summed E-state index contributed by atoms with van der Waals surface area (Å²) in [6.07, 6.45) is 6.72. The van der Waals surface area contributed by atoms with Crippen molar-refractivity contribution in [1.82, 2.24) is 4.90 Å². The SMILES string of the molecule is C=CCCOC(=O)[C@H]1[C@@H]2OC3(CC2Br)C(C(=O)N(CC=C)c2ccc4ccccc4c2)N(CCCCCCO)C(=O)[C@H]13. The van der Waals surface area contributed by atoms with Crippen molar-refractivity contribution in [3.63, 3.8) is 0 Å². The maximum Gasteiger partial charge on any atom is 0.312 e. The zero-order valence-electron chi connectivity index (χ0n) is 23.8. The van der Waals surface area contributed by atoms with E-state index in [9.17, 15) is 19.5 Å². The molecule has 2 amide bonds. The number of esters is 1. The van der Waals surface area contributed by atoms with Crippen LogP contribution in [0.4, 0.5) is 5.69 Å². The Kier molecular flexibility index (Phi) is 9.50. The van der Waals surface area contributed by atoms with Crippen molar-refractivity contribution in [2.45, 2.75) is 61.1 Å². The van der Waals surface area contributed by atoms with Crippen LogP contribution in [0.1, 0.15) is 38.5 Å². The second-order valence-corrected chi connectivity index (χ2v) is 12.5. The van der Waals surface area contributed by atoms with Crippen molar-refractivity contribution < 1.29 is 29.0 Å². The van der Waals surface area contributed by atoms with E-state index in [0.29, 0.717) is 37.9 Å². The summed E-state index contributed by atoms with van der Waals surface area (Å²) < 4.78 is 12.2. The van der Waals surface area contributed by atoms with E-state index in [2.05, 4.69) is 29.1 Å². The Morgan fingerprint density at radius 3 is 2.62 bits per heavy atom. The van der Waals surface area contributed by atoms with Crippen LogP contribution >= 0.6 is 15.9 Å². The third-order valence-electron chi connectivity index (χ3n) is 8.79. The fraction of sp³-hybridized carbons (Fsp3) is 0.485. The molecule has 1 spiro atoms. The minimum atomic E-state index is -1.16. The lowest BCUT2D eigenvalue weighted by Gasteiger charge is -2.37. The highest BCUT2D eigenvalue weighted by Gasteiger charge is 2.77. The molecule has 1 N–H and O–H groups in total. The smallest absolute Gasteiger partial charge is 0.312 e. The van der Waals surface area contributed by atoms with Gasteiger partial charge in [-0.25, -0.2) is 0 Å². The number of hydrogen-bond donors (Lipinski definition) is 1. The maximum atomic E-state index is 14.7. The highest BCUT2D eigenvalue weighted by Crippen LogP contribution is 2.60. The summed E-state index contributed by atoms with van der Waals surface area (Å²) in [6.45, 7) is 8.49. The summed E-state index contributed by atoms with van der Waals surface area (Å²) in [5, 5.41) is 11.2. The quantitative estimate of drug-likeness (QED) is 0.138. The summed E-state index contributed by atoms with van der Waals surface area (Å²) in [5.41, 5.74) is -0.451. The fourth-order valence-corrected chi connectivity index (χ4v) is 7.89. The van der Waals surface area contributed by atoms with Gasteiger partial charge in [0.15, 0.2) is 0 Å². The number of anilines is 1. The van der Waals surface area contributed by atoms with Gasteiger partial charge in [-0.3, -0.25) is 14.4 Å². The third-order valence-corrected chi connectivity index (χ3v) is 9.64. The molecule has 0 saturated carbocycles. The van der Waals surface area contributed by atoms with Crippen LogP contribution in [-0.2, 0) is 23.9 Å². The number of benzene rings is 2. The number of halogens is 1. The maximum absolute atomic E-state index is 14.7. The zero-order valence-corrected chi connectivity index (χ0v) is 25.4. The summed E-state index contributed by atoms with van der Waals surface area (Å²) in [7, 11) is 0. The Hall–Kier alpha value is -3.01. The number of likely N-dealkylation sites (tertiary alicyclic amines) is 1. The molecular formula is C33H39BrN2O6. The predicted molar refractivity (Wildman–Crippen MR) is 165 cm³/mol. The largest absolute Gasteiger partial charge is 0.465 e. The molecule has 3 aliphatic rings.